The molecule has 0 aromatic heterocycles. The van der Waals surface area contributed by atoms with Gasteiger partial charge in [-0.2, -0.15) is 0 Å². The molecule has 0 heterocycles. The van der Waals surface area contributed by atoms with Crippen molar-refractivity contribution in [3.8, 4) is 0 Å². The number of aldehydes is 1. The number of hydrogen-bond acceptors (Lipinski definition) is 3. The Morgan fingerprint density at radius 2 is 1.64 bits per heavy atom. The number of carbonyl (C=O) groups is 1. The van der Waals surface area contributed by atoms with Gasteiger partial charge in [-0.1, -0.05) is 0 Å². The Morgan fingerprint density at radius 3 is 2.00 bits per heavy atom. The maximum atomic E-state index is 10.1. The Balaban J connectivity index is 0.000000461. The largest absolute Gasteiger partial charge is 0.399 e. The van der Waals surface area contributed by atoms with Gasteiger partial charge < -0.3 is 11.5 Å². The van der Waals surface area contributed by atoms with Crippen molar-refractivity contribution in [2.75, 3.05) is 12.8 Å². The van der Waals surface area contributed by atoms with Crippen LogP contribution in [0.2, 0.25) is 0 Å². The second-order valence-corrected chi connectivity index (χ2v) is 1.78. The Morgan fingerprint density at radius 1 is 1.18 bits per heavy atom. The zero-order valence-electron chi connectivity index (χ0n) is 6.45. The molecule has 0 atom stereocenters. The van der Waals surface area contributed by atoms with Crippen LogP contribution in [0, 0.1) is 0 Å². The molecule has 0 radical (unpaired) electrons. The lowest BCUT2D eigenvalue weighted by Gasteiger charge is -1.89. The predicted molar refractivity (Wildman–Crippen MR) is 46.4 cm³/mol. The molecule has 0 spiro atoms. The molecule has 4 N–H and O–H groups in total. The Hall–Kier alpha value is -1.35. The van der Waals surface area contributed by atoms with Crippen molar-refractivity contribution in [3.05, 3.63) is 29.8 Å². The third-order valence-corrected chi connectivity index (χ3v) is 1.07. The highest BCUT2D eigenvalue weighted by Crippen LogP contribution is 2.01. The van der Waals surface area contributed by atoms with E-state index in [4.69, 9.17) is 5.73 Å². The van der Waals surface area contributed by atoms with Gasteiger partial charge in [-0.25, -0.2) is 0 Å². The summed E-state index contributed by atoms with van der Waals surface area (Å²) < 4.78 is 0. The van der Waals surface area contributed by atoms with Gasteiger partial charge in [-0.15, -0.1) is 0 Å². The highest BCUT2D eigenvalue weighted by molar-refractivity contribution is 5.75. The minimum atomic E-state index is 0.657. The standard InChI is InChI=1S/C7H7NO.CH5N/c8-7-3-1-6(5-9)2-4-7;1-2/h1-5H,8H2;2H2,1H3. The van der Waals surface area contributed by atoms with Crippen molar-refractivity contribution in [1.82, 2.24) is 0 Å². The van der Waals surface area contributed by atoms with E-state index in [9.17, 15) is 4.79 Å². The molecule has 0 fully saturated rings. The maximum Gasteiger partial charge on any atom is 0.150 e. The lowest BCUT2D eigenvalue weighted by Crippen LogP contribution is -1.84. The van der Waals surface area contributed by atoms with Gasteiger partial charge in [0.05, 0.1) is 0 Å². The minimum absolute atomic E-state index is 0.657. The summed E-state index contributed by atoms with van der Waals surface area (Å²) in [5.74, 6) is 0. The topological polar surface area (TPSA) is 69.1 Å². The zero-order chi connectivity index (χ0) is 8.69. The molecular weight excluding hydrogens is 140 g/mol. The number of carbonyl (C=O) groups excluding carboxylic acids is 1. The number of rotatable bonds is 1. The van der Waals surface area contributed by atoms with Gasteiger partial charge in [0.1, 0.15) is 6.29 Å². The van der Waals surface area contributed by atoms with Crippen molar-refractivity contribution < 1.29 is 4.79 Å². The molecule has 0 amide bonds. The fraction of sp³-hybridized carbons (Fsp3) is 0.125. The van der Waals surface area contributed by atoms with Gasteiger partial charge in [0.2, 0.25) is 0 Å². The number of benzene rings is 1. The van der Waals surface area contributed by atoms with E-state index in [0.717, 1.165) is 6.29 Å². The molecule has 0 saturated heterocycles. The number of hydrogen-bond donors (Lipinski definition) is 2. The normalized spacial score (nSPS) is 7.82. The lowest BCUT2D eigenvalue weighted by atomic mass is 10.2. The molecule has 0 aliphatic rings. The van der Waals surface area contributed by atoms with E-state index < -0.39 is 0 Å². The van der Waals surface area contributed by atoms with Crippen molar-refractivity contribution in [3.63, 3.8) is 0 Å². The predicted octanol–water partition coefficient (Wildman–Crippen LogP) is 0.656. The van der Waals surface area contributed by atoms with Crippen molar-refractivity contribution >= 4 is 12.0 Å². The first kappa shape index (κ1) is 9.65. The first-order valence-corrected chi connectivity index (χ1v) is 3.21. The van der Waals surface area contributed by atoms with Crippen LogP contribution in [-0.4, -0.2) is 13.3 Å². The van der Waals surface area contributed by atoms with E-state index in [1.165, 1.54) is 7.05 Å². The molecular formula is C8H12N2O. The molecule has 11 heavy (non-hydrogen) atoms. The van der Waals surface area contributed by atoms with Crippen molar-refractivity contribution in [1.29, 1.82) is 0 Å². The molecule has 0 saturated carbocycles. The molecule has 0 unspecified atom stereocenters. The third-order valence-electron chi connectivity index (χ3n) is 1.07. The lowest BCUT2D eigenvalue weighted by molar-refractivity contribution is 0.112. The van der Waals surface area contributed by atoms with Crippen molar-refractivity contribution in [2.24, 2.45) is 5.73 Å². The summed E-state index contributed by atoms with van der Waals surface area (Å²) in [5.41, 5.74) is 11.2. The monoisotopic (exact) mass is 152 g/mol. The third kappa shape index (κ3) is 3.37. The second-order valence-electron chi connectivity index (χ2n) is 1.78. The Kier molecular flexibility index (Phi) is 4.77. The van der Waals surface area contributed by atoms with E-state index in [1.807, 2.05) is 0 Å². The minimum Gasteiger partial charge on any atom is -0.399 e. The Labute approximate surface area is 66.0 Å². The van der Waals surface area contributed by atoms with Gasteiger partial charge in [0, 0.05) is 11.3 Å². The number of nitrogens with two attached hydrogens (primary N) is 2. The average Bonchev–Trinajstić information content (AvgIpc) is 2.10. The molecule has 60 valence electrons. The van der Waals surface area contributed by atoms with Crippen LogP contribution in [0.5, 0.6) is 0 Å². The molecule has 3 heteroatoms. The van der Waals surface area contributed by atoms with E-state index in [2.05, 4.69) is 5.73 Å². The summed E-state index contributed by atoms with van der Waals surface area (Å²) in [7, 11) is 1.50. The summed E-state index contributed by atoms with van der Waals surface area (Å²) >= 11 is 0. The summed E-state index contributed by atoms with van der Waals surface area (Å²) in [6, 6.07) is 6.76. The molecule has 0 bridgehead atoms. The highest BCUT2D eigenvalue weighted by Gasteiger charge is 1.85. The fourth-order valence-electron chi connectivity index (χ4n) is 0.575. The highest BCUT2D eigenvalue weighted by atomic mass is 16.1. The van der Waals surface area contributed by atoms with Crippen LogP contribution < -0.4 is 11.5 Å². The quantitative estimate of drug-likeness (QED) is 0.458. The summed E-state index contributed by atoms with van der Waals surface area (Å²) in [6.45, 7) is 0. The first-order chi connectivity index (χ1) is 5.33. The first-order valence-electron chi connectivity index (χ1n) is 3.21. The van der Waals surface area contributed by atoms with Crippen LogP contribution in [0.1, 0.15) is 10.4 Å². The maximum absolute atomic E-state index is 10.1. The number of nitrogen functional groups attached to an aromatic ring is 1. The summed E-state index contributed by atoms with van der Waals surface area (Å²) in [5, 5.41) is 0. The van der Waals surface area contributed by atoms with Gasteiger partial charge >= 0.3 is 0 Å². The molecule has 1 aromatic rings. The molecule has 3 nitrogen and oxygen atoms in total. The van der Waals surface area contributed by atoms with E-state index in [1.54, 1.807) is 24.3 Å². The second kappa shape index (κ2) is 5.44. The van der Waals surface area contributed by atoms with Crippen LogP contribution in [0.15, 0.2) is 24.3 Å². The molecule has 1 rings (SSSR count). The average molecular weight is 152 g/mol. The van der Waals surface area contributed by atoms with E-state index in [-0.39, 0.29) is 0 Å². The smallest absolute Gasteiger partial charge is 0.150 e. The molecule has 0 aliphatic carbocycles. The van der Waals surface area contributed by atoms with E-state index >= 15 is 0 Å². The molecule has 1 aromatic carbocycles. The van der Waals surface area contributed by atoms with Gasteiger partial charge in [0.15, 0.2) is 0 Å². The fourth-order valence-corrected chi connectivity index (χ4v) is 0.575. The zero-order valence-corrected chi connectivity index (χ0v) is 6.45. The van der Waals surface area contributed by atoms with Gasteiger partial charge in [-0.3, -0.25) is 4.79 Å². The van der Waals surface area contributed by atoms with Crippen LogP contribution in [0.4, 0.5) is 5.69 Å². The molecule has 0 aliphatic heterocycles. The van der Waals surface area contributed by atoms with Crippen LogP contribution >= 0.6 is 0 Å². The van der Waals surface area contributed by atoms with Gasteiger partial charge in [0.25, 0.3) is 0 Å². The number of anilines is 1. The summed E-state index contributed by atoms with van der Waals surface area (Å²) in [4.78, 5) is 10.1. The van der Waals surface area contributed by atoms with Gasteiger partial charge in [-0.05, 0) is 31.3 Å². The van der Waals surface area contributed by atoms with Crippen molar-refractivity contribution in [2.45, 2.75) is 0 Å². The SMILES string of the molecule is CN.Nc1ccc(C=O)cc1. The van der Waals surface area contributed by atoms with E-state index in [0.29, 0.717) is 11.3 Å². The van der Waals surface area contributed by atoms with Crippen LogP contribution in [0.25, 0.3) is 0 Å². The summed E-state index contributed by atoms with van der Waals surface area (Å²) in [6.07, 6.45) is 0.791. The van der Waals surface area contributed by atoms with Crippen LogP contribution in [-0.2, 0) is 0 Å². The van der Waals surface area contributed by atoms with Crippen LogP contribution in [0.3, 0.4) is 0 Å². The Bertz CT molecular complexity index is 206.